The van der Waals surface area contributed by atoms with Crippen LogP contribution in [0.25, 0.3) is 0 Å². The Morgan fingerprint density at radius 3 is 3.00 bits per heavy atom. The summed E-state index contributed by atoms with van der Waals surface area (Å²) in [4.78, 5) is 31.4. The summed E-state index contributed by atoms with van der Waals surface area (Å²) in [6.45, 7) is 0.738. The summed E-state index contributed by atoms with van der Waals surface area (Å²) in [5.74, 6) is -1.63. The first-order valence-electron chi connectivity index (χ1n) is 6.82. The number of aliphatic carboxylic acids is 1. The third-order valence-electron chi connectivity index (χ3n) is 4.60. The molecule has 1 aromatic heterocycles. The number of fused-ring (bicyclic) bond motifs is 3. The number of ketones is 1. The summed E-state index contributed by atoms with van der Waals surface area (Å²) in [5, 5.41) is 12.4. The van der Waals surface area contributed by atoms with Crippen LogP contribution in [-0.2, 0) is 15.0 Å². The van der Waals surface area contributed by atoms with E-state index in [1.54, 1.807) is 6.08 Å². The molecule has 3 aliphatic rings. The van der Waals surface area contributed by atoms with Gasteiger partial charge < -0.3 is 10.4 Å². The van der Waals surface area contributed by atoms with Crippen LogP contribution >= 0.6 is 0 Å². The summed E-state index contributed by atoms with van der Waals surface area (Å²) >= 11 is 0. The number of rotatable bonds is 1. The number of carboxylic acids is 1. The zero-order valence-electron chi connectivity index (χ0n) is 11.2. The fourth-order valence-electron chi connectivity index (χ4n) is 3.59. The molecule has 0 bridgehead atoms. The number of allylic oxidation sites excluding steroid dienone is 3. The van der Waals surface area contributed by atoms with Gasteiger partial charge in [0.15, 0.2) is 5.78 Å². The lowest BCUT2D eigenvalue weighted by molar-refractivity contribution is -0.143. The topological polar surface area (TPSA) is 92.2 Å². The molecule has 0 saturated heterocycles. The molecule has 4 rings (SSSR count). The molecule has 1 fully saturated rings. The molecule has 1 aliphatic heterocycles. The van der Waals surface area contributed by atoms with Crippen molar-refractivity contribution >= 4 is 17.6 Å². The Kier molecular flexibility index (Phi) is 2.34. The van der Waals surface area contributed by atoms with Crippen molar-refractivity contribution in [2.45, 2.75) is 18.3 Å². The first kappa shape index (κ1) is 12.3. The van der Waals surface area contributed by atoms with Crippen molar-refractivity contribution < 1.29 is 14.7 Å². The predicted octanol–water partition coefficient (Wildman–Crippen LogP) is 1.07. The highest BCUT2D eigenvalue weighted by atomic mass is 16.4. The van der Waals surface area contributed by atoms with Gasteiger partial charge in [0.05, 0.1) is 0 Å². The van der Waals surface area contributed by atoms with Crippen molar-refractivity contribution in [2.75, 3.05) is 11.9 Å². The van der Waals surface area contributed by atoms with Gasteiger partial charge in [-0.05, 0) is 30.1 Å². The molecule has 0 amide bonds. The van der Waals surface area contributed by atoms with Crippen LogP contribution < -0.4 is 5.32 Å². The van der Waals surface area contributed by atoms with Gasteiger partial charge in [0.25, 0.3) is 0 Å². The SMILES string of the molecule is O=C(O)C1C=C2C[C@@]3(CNc4ncncc43)CC2=CC1=O. The number of anilines is 1. The number of carbonyl (C=O) groups is 2. The molecule has 6 heteroatoms. The lowest BCUT2D eigenvalue weighted by Gasteiger charge is -2.21. The normalized spacial score (nSPS) is 29.5. The molecule has 1 aromatic rings. The molecule has 21 heavy (non-hydrogen) atoms. The minimum absolute atomic E-state index is 0.151. The zero-order valence-corrected chi connectivity index (χ0v) is 11.2. The van der Waals surface area contributed by atoms with Crippen molar-refractivity contribution in [1.29, 1.82) is 0 Å². The third kappa shape index (κ3) is 1.65. The Hall–Kier alpha value is -2.50. The maximum atomic E-state index is 11.9. The maximum absolute atomic E-state index is 11.9. The second-order valence-corrected chi connectivity index (χ2v) is 5.85. The number of carboxylic acid groups (broad SMARTS) is 1. The van der Waals surface area contributed by atoms with Crippen molar-refractivity contribution in [2.24, 2.45) is 5.92 Å². The van der Waals surface area contributed by atoms with Crippen LogP contribution in [0.2, 0.25) is 0 Å². The molecule has 0 aromatic carbocycles. The molecular formula is C15H13N3O3. The first-order valence-corrected chi connectivity index (χ1v) is 6.82. The van der Waals surface area contributed by atoms with Crippen LogP contribution in [0, 0.1) is 5.92 Å². The largest absolute Gasteiger partial charge is 0.480 e. The Bertz CT molecular complexity index is 737. The van der Waals surface area contributed by atoms with E-state index in [9.17, 15) is 9.59 Å². The number of nitrogens with zero attached hydrogens (tertiary/aromatic N) is 2. The molecule has 0 radical (unpaired) electrons. The summed E-state index contributed by atoms with van der Waals surface area (Å²) in [5.41, 5.74) is 2.83. The summed E-state index contributed by atoms with van der Waals surface area (Å²) in [6.07, 6.45) is 7.89. The second kappa shape index (κ2) is 4.00. The Labute approximate surface area is 120 Å². The van der Waals surface area contributed by atoms with Gasteiger partial charge in [-0.15, -0.1) is 0 Å². The van der Waals surface area contributed by atoms with Gasteiger partial charge in [-0.25, -0.2) is 9.97 Å². The number of aromatic nitrogens is 2. The number of nitrogens with one attached hydrogen (secondary N) is 1. The number of hydrogen-bond acceptors (Lipinski definition) is 5. The van der Waals surface area contributed by atoms with E-state index in [-0.39, 0.29) is 11.2 Å². The average Bonchev–Trinajstić information content (AvgIpc) is 2.99. The van der Waals surface area contributed by atoms with Crippen molar-refractivity contribution in [3.63, 3.8) is 0 Å². The minimum atomic E-state index is -1.09. The van der Waals surface area contributed by atoms with Gasteiger partial charge in [-0.2, -0.15) is 0 Å². The molecular weight excluding hydrogens is 270 g/mol. The number of hydrogen-bond donors (Lipinski definition) is 2. The Balaban J connectivity index is 1.76. The average molecular weight is 283 g/mol. The Morgan fingerprint density at radius 1 is 1.38 bits per heavy atom. The molecule has 1 spiro atoms. The van der Waals surface area contributed by atoms with Crippen molar-refractivity contribution in [3.8, 4) is 0 Å². The monoisotopic (exact) mass is 283 g/mol. The van der Waals surface area contributed by atoms with Gasteiger partial charge in [0.2, 0.25) is 0 Å². The first-order chi connectivity index (χ1) is 10.1. The molecule has 2 heterocycles. The smallest absolute Gasteiger partial charge is 0.318 e. The highest BCUT2D eigenvalue weighted by Gasteiger charge is 2.47. The van der Waals surface area contributed by atoms with Crippen LogP contribution in [-0.4, -0.2) is 33.4 Å². The van der Waals surface area contributed by atoms with Gasteiger partial charge in [-0.3, -0.25) is 9.59 Å². The number of carbonyl (C=O) groups excluding carboxylic acids is 1. The molecule has 1 unspecified atom stereocenters. The fourth-order valence-corrected chi connectivity index (χ4v) is 3.59. The van der Waals surface area contributed by atoms with Crippen LogP contribution in [0.5, 0.6) is 0 Å². The highest BCUT2D eigenvalue weighted by molar-refractivity contribution is 6.08. The Morgan fingerprint density at radius 2 is 2.19 bits per heavy atom. The molecule has 2 atom stereocenters. The lowest BCUT2D eigenvalue weighted by atomic mass is 9.82. The van der Waals surface area contributed by atoms with Crippen LogP contribution in [0.3, 0.4) is 0 Å². The van der Waals surface area contributed by atoms with Gasteiger partial charge in [0, 0.05) is 23.7 Å². The molecule has 2 N–H and O–H groups in total. The molecule has 6 nitrogen and oxygen atoms in total. The highest BCUT2D eigenvalue weighted by Crippen LogP contribution is 2.52. The summed E-state index contributed by atoms with van der Waals surface area (Å²) in [7, 11) is 0. The summed E-state index contributed by atoms with van der Waals surface area (Å²) < 4.78 is 0. The standard InChI is InChI=1S/C15H13N3O3/c19-12-2-9-4-15(3-8(9)1-10(12)14(20)21)6-17-13-11(15)5-16-7-18-13/h1-2,5,7,10H,3-4,6H2,(H,20,21)(H,16,17,18)/t10?,15-/m0/s1. The van der Waals surface area contributed by atoms with Crippen LogP contribution in [0.15, 0.2) is 35.8 Å². The van der Waals surface area contributed by atoms with E-state index in [0.717, 1.165) is 41.9 Å². The van der Waals surface area contributed by atoms with Crippen molar-refractivity contribution in [3.05, 3.63) is 41.4 Å². The van der Waals surface area contributed by atoms with Crippen molar-refractivity contribution in [1.82, 2.24) is 9.97 Å². The molecule has 2 aliphatic carbocycles. The van der Waals surface area contributed by atoms with Crippen LogP contribution in [0.4, 0.5) is 5.82 Å². The summed E-state index contributed by atoms with van der Waals surface area (Å²) in [6, 6.07) is 0. The third-order valence-corrected chi connectivity index (χ3v) is 4.60. The van der Waals surface area contributed by atoms with E-state index in [4.69, 9.17) is 5.11 Å². The molecule has 106 valence electrons. The molecule has 1 saturated carbocycles. The van der Waals surface area contributed by atoms with E-state index in [0.29, 0.717) is 0 Å². The van der Waals surface area contributed by atoms with E-state index in [1.165, 1.54) is 12.4 Å². The lowest BCUT2D eigenvalue weighted by Crippen LogP contribution is -2.24. The quantitative estimate of drug-likeness (QED) is 0.749. The zero-order chi connectivity index (χ0) is 14.6. The second-order valence-electron chi connectivity index (χ2n) is 5.85. The fraction of sp³-hybridized carbons (Fsp3) is 0.333. The maximum Gasteiger partial charge on any atom is 0.318 e. The van der Waals surface area contributed by atoms with Gasteiger partial charge in [0.1, 0.15) is 18.1 Å². The van der Waals surface area contributed by atoms with E-state index in [1.807, 2.05) is 6.20 Å². The van der Waals surface area contributed by atoms with E-state index >= 15 is 0 Å². The minimum Gasteiger partial charge on any atom is -0.480 e. The predicted molar refractivity (Wildman–Crippen MR) is 73.7 cm³/mol. The van der Waals surface area contributed by atoms with Gasteiger partial charge >= 0.3 is 5.97 Å². The van der Waals surface area contributed by atoms with E-state index < -0.39 is 11.9 Å². The van der Waals surface area contributed by atoms with Gasteiger partial charge in [-0.1, -0.05) is 6.08 Å². The van der Waals surface area contributed by atoms with E-state index in [2.05, 4.69) is 15.3 Å². The van der Waals surface area contributed by atoms with Crippen LogP contribution in [0.1, 0.15) is 18.4 Å².